The fourth-order valence-electron chi connectivity index (χ4n) is 1.93. The topological polar surface area (TPSA) is 64.1 Å². The van der Waals surface area contributed by atoms with Crippen LogP contribution in [-0.2, 0) is 0 Å². The van der Waals surface area contributed by atoms with E-state index in [-0.39, 0.29) is 0 Å². The predicted molar refractivity (Wildman–Crippen MR) is 73.1 cm³/mol. The summed E-state index contributed by atoms with van der Waals surface area (Å²) in [6.07, 6.45) is 0. The fraction of sp³-hybridized carbons (Fsp3) is 0.250. The maximum absolute atomic E-state index is 6.00. The summed E-state index contributed by atoms with van der Waals surface area (Å²) in [5, 5.41) is 7.00. The zero-order valence-corrected chi connectivity index (χ0v) is 11.6. The fourth-order valence-corrected chi connectivity index (χ4v) is 2.60. The van der Waals surface area contributed by atoms with Crippen LogP contribution < -0.4 is 11.1 Å². The Morgan fingerprint density at radius 1 is 1.35 bits per heavy atom. The van der Waals surface area contributed by atoms with E-state index in [0.717, 1.165) is 32.7 Å². The lowest BCUT2D eigenvalue weighted by Crippen LogP contribution is -1.97. The van der Waals surface area contributed by atoms with E-state index < -0.39 is 0 Å². The number of hydrogen-bond donors (Lipinski definition) is 2. The van der Waals surface area contributed by atoms with Crippen LogP contribution in [0, 0.1) is 13.8 Å². The van der Waals surface area contributed by atoms with Crippen molar-refractivity contribution in [2.45, 2.75) is 13.8 Å². The molecule has 0 aliphatic heterocycles. The highest BCUT2D eigenvalue weighted by molar-refractivity contribution is 9.10. The molecule has 0 aliphatic rings. The molecule has 1 heterocycles. The Labute approximate surface area is 108 Å². The second-order valence-electron chi connectivity index (χ2n) is 3.87. The molecular formula is C12H14BrN3O. The Balaban J connectivity index is 2.62. The molecule has 1 aromatic heterocycles. The molecule has 0 spiro atoms. The molecule has 0 amide bonds. The molecule has 0 bridgehead atoms. The number of rotatable bonds is 2. The van der Waals surface area contributed by atoms with E-state index in [4.69, 9.17) is 10.3 Å². The Bertz CT molecular complexity index is 520. The van der Waals surface area contributed by atoms with Gasteiger partial charge in [0.15, 0.2) is 0 Å². The van der Waals surface area contributed by atoms with Crippen molar-refractivity contribution in [2.24, 2.45) is 0 Å². The minimum absolute atomic E-state index is 0.692. The lowest BCUT2D eigenvalue weighted by molar-refractivity contribution is 0.393. The van der Waals surface area contributed by atoms with Gasteiger partial charge < -0.3 is 15.6 Å². The smallest absolute Gasteiger partial charge is 0.141 e. The monoisotopic (exact) mass is 295 g/mol. The number of nitrogens with zero attached hydrogens (tertiary/aromatic N) is 1. The summed E-state index contributed by atoms with van der Waals surface area (Å²) in [7, 11) is 1.84. The van der Waals surface area contributed by atoms with Crippen LogP contribution in [0.15, 0.2) is 21.1 Å². The molecule has 5 heteroatoms. The van der Waals surface area contributed by atoms with E-state index in [1.54, 1.807) is 0 Å². The minimum Gasteiger partial charge on any atom is -0.397 e. The van der Waals surface area contributed by atoms with E-state index in [2.05, 4.69) is 26.4 Å². The van der Waals surface area contributed by atoms with Crippen molar-refractivity contribution in [1.29, 1.82) is 0 Å². The second kappa shape index (κ2) is 4.41. The van der Waals surface area contributed by atoms with E-state index >= 15 is 0 Å². The van der Waals surface area contributed by atoms with Crippen LogP contribution in [0.3, 0.4) is 0 Å². The molecule has 90 valence electrons. The van der Waals surface area contributed by atoms with E-state index in [1.807, 2.05) is 33.0 Å². The van der Waals surface area contributed by atoms with Gasteiger partial charge in [0.2, 0.25) is 0 Å². The average molecular weight is 296 g/mol. The third-order valence-corrected chi connectivity index (χ3v) is 3.32. The molecule has 1 aromatic carbocycles. The highest BCUT2D eigenvalue weighted by Gasteiger charge is 2.14. The predicted octanol–water partition coefficient (Wildman–Crippen LogP) is 3.34. The van der Waals surface area contributed by atoms with Gasteiger partial charge >= 0.3 is 0 Å². The quantitative estimate of drug-likeness (QED) is 0.834. The zero-order valence-electron chi connectivity index (χ0n) is 9.97. The van der Waals surface area contributed by atoms with Crippen LogP contribution in [0.4, 0.5) is 11.4 Å². The third kappa shape index (κ3) is 2.02. The van der Waals surface area contributed by atoms with Gasteiger partial charge in [0, 0.05) is 17.1 Å². The zero-order chi connectivity index (χ0) is 12.6. The summed E-state index contributed by atoms with van der Waals surface area (Å²) < 4.78 is 6.09. The van der Waals surface area contributed by atoms with Gasteiger partial charge in [0.25, 0.3) is 0 Å². The molecule has 0 fully saturated rings. The summed E-state index contributed by atoms with van der Waals surface area (Å²) in [4.78, 5) is 0. The standard InChI is InChI=1S/C12H14BrN3O/c1-6-11(7(2)17-16-6)8-4-9(13)12(15-3)10(14)5-8/h4-5,15H,14H2,1-3H3. The highest BCUT2D eigenvalue weighted by Crippen LogP contribution is 2.36. The molecule has 17 heavy (non-hydrogen) atoms. The molecule has 4 nitrogen and oxygen atoms in total. The van der Waals surface area contributed by atoms with E-state index in [0.29, 0.717) is 5.69 Å². The van der Waals surface area contributed by atoms with Crippen LogP contribution in [-0.4, -0.2) is 12.2 Å². The van der Waals surface area contributed by atoms with Gasteiger partial charge in [-0.05, 0) is 47.5 Å². The maximum Gasteiger partial charge on any atom is 0.141 e. The Hall–Kier alpha value is -1.49. The summed E-state index contributed by atoms with van der Waals surface area (Å²) in [6, 6.07) is 3.93. The van der Waals surface area contributed by atoms with Crippen LogP contribution >= 0.6 is 15.9 Å². The molecule has 0 radical (unpaired) electrons. The summed E-state index contributed by atoms with van der Waals surface area (Å²) in [5.41, 5.74) is 10.4. The second-order valence-corrected chi connectivity index (χ2v) is 4.73. The van der Waals surface area contributed by atoms with E-state index in [9.17, 15) is 0 Å². The van der Waals surface area contributed by atoms with E-state index in [1.165, 1.54) is 0 Å². The van der Waals surface area contributed by atoms with Gasteiger partial charge in [0.05, 0.1) is 17.1 Å². The van der Waals surface area contributed by atoms with Crippen molar-refractivity contribution in [2.75, 3.05) is 18.1 Å². The number of hydrogen-bond acceptors (Lipinski definition) is 4. The first-order chi connectivity index (χ1) is 8.04. The highest BCUT2D eigenvalue weighted by atomic mass is 79.9. The summed E-state index contributed by atoms with van der Waals surface area (Å²) in [5.74, 6) is 0.797. The SMILES string of the molecule is CNc1c(N)cc(-c2c(C)noc2C)cc1Br. The van der Waals surface area contributed by atoms with Gasteiger partial charge in [-0.1, -0.05) is 5.16 Å². The average Bonchev–Trinajstić information content (AvgIpc) is 2.58. The lowest BCUT2D eigenvalue weighted by Gasteiger charge is -2.10. The summed E-state index contributed by atoms with van der Waals surface area (Å²) in [6.45, 7) is 3.81. The maximum atomic E-state index is 6.00. The molecule has 0 saturated heterocycles. The molecular weight excluding hydrogens is 282 g/mol. The third-order valence-electron chi connectivity index (χ3n) is 2.69. The molecule has 0 unspecified atom stereocenters. The van der Waals surface area contributed by atoms with Crippen LogP contribution in [0.2, 0.25) is 0 Å². The van der Waals surface area contributed by atoms with Crippen LogP contribution in [0.5, 0.6) is 0 Å². The molecule has 0 aliphatic carbocycles. The van der Waals surface area contributed by atoms with Crippen molar-refractivity contribution >= 4 is 27.3 Å². The first-order valence-electron chi connectivity index (χ1n) is 5.24. The first kappa shape index (κ1) is 12.0. The molecule has 0 saturated carbocycles. The number of aromatic nitrogens is 1. The van der Waals surface area contributed by atoms with Crippen molar-refractivity contribution < 1.29 is 4.52 Å². The van der Waals surface area contributed by atoms with Gasteiger partial charge in [-0.3, -0.25) is 0 Å². The van der Waals surface area contributed by atoms with Gasteiger partial charge in [-0.2, -0.15) is 0 Å². The molecule has 0 atom stereocenters. The lowest BCUT2D eigenvalue weighted by atomic mass is 10.0. The molecule has 3 N–H and O–H groups in total. The van der Waals surface area contributed by atoms with Gasteiger partial charge in [-0.25, -0.2) is 0 Å². The van der Waals surface area contributed by atoms with Crippen LogP contribution in [0.1, 0.15) is 11.5 Å². The van der Waals surface area contributed by atoms with Crippen molar-refractivity contribution in [3.05, 3.63) is 28.1 Å². The number of anilines is 2. The number of nitrogens with one attached hydrogen (secondary N) is 1. The first-order valence-corrected chi connectivity index (χ1v) is 6.04. The Kier molecular flexibility index (Phi) is 3.11. The normalized spacial score (nSPS) is 10.6. The largest absolute Gasteiger partial charge is 0.397 e. The number of nitrogen functional groups attached to an aromatic ring is 1. The number of aryl methyl sites for hydroxylation is 2. The van der Waals surface area contributed by atoms with Gasteiger partial charge in [-0.15, -0.1) is 0 Å². The Morgan fingerprint density at radius 3 is 2.53 bits per heavy atom. The molecule has 2 rings (SSSR count). The summed E-state index contributed by atoms with van der Waals surface area (Å²) >= 11 is 3.50. The van der Waals surface area contributed by atoms with Crippen molar-refractivity contribution in [3.8, 4) is 11.1 Å². The van der Waals surface area contributed by atoms with Crippen molar-refractivity contribution in [1.82, 2.24) is 5.16 Å². The Morgan fingerprint density at radius 2 is 2.06 bits per heavy atom. The minimum atomic E-state index is 0.692. The number of benzene rings is 1. The molecule has 2 aromatic rings. The van der Waals surface area contributed by atoms with Gasteiger partial charge in [0.1, 0.15) is 5.76 Å². The number of halogens is 1. The van der Waals surface area contributed by atoms with Crippen molar-refractivity contribution in [3.63, 3.8) is 0 Å². The van der Waals surface area contributed by atoms with Crippen LogP contribution in [0.25, 0.3) is 11.1 Å². The number of nitrogens with two attached hydrogens (primary N) is 1.